The van der Waals surface area contributed by atoms with E-state index >= 15 is 0 Å². The number of thioether (sulfide) groups is 1. The first-order valence-corrected chi connectivity index (χ1v) is 8.10. The van der Waals surface area contributed by atoms with Gasteiger partial charge in [-0.25, -0.2) is 0 Å². The lowest BCUT2D eigenvalue weighted by Crippen LogP contribution is -2.29. The van der Waals surface area contributed by atoms with Gasteiger partial charge < -0.3 is 4.90 Å². The van der Waals surface area contributed by atoms with E-state index in [1.165, 1.54) is 0 Å². The van der Waals surface area contributed by atoms with Gasteiger partial charge in [-0.2, -0.15) is 11.8 Å². The molecule has 100 valence electrons. The van der Waals surface area contributed by atoms with Crippen LogP contribution in [0, 0.1) is 13.7 Å². The van der Waals surface area contributed by atoms with Gasteiger partial charge in [0.25, 0.3) is 5.69 Å². The van der Waals surface area contributed by atoms with Crippen molar-refractivity contribution in [1.82, 2.24) is 0 Å². The zero-order chi connectivity index (χ0) is 13.7. The molecule has 4 nitrogen and oxygen atoms in total. The lowest BCUT2D eigenvalue weighted by molar-refractivity contribution is -0.385. The summed E-state index contributed by atoms with van der Waals surface area (Å²) in [7, 11) is 2.03. The SMILES string of the molecule is CSCCC(C)N(C)c1ccc([N+](=O)[O-])c(I)c1. The molecule has 0 radical (unpaired) electrons. The third-order valence-corrected chi connectivity index (χ3v) is 4.44. The quantitative estimate of drug-likeness (QED) is 0.428. The highest BCUT2D eigenvalue weighted by atomic mass is 127. The summed E-state index contributed by atoms with van der Waals surface area (Å²) in [4.78, 5) is 12.6. The fourth-order valence-corrected chi connectivity index (χ4v) is 2.87. The normalized spacial score (nSPS) is 12.2. The highest BCUT2D eigenvalue weighted by Gasteiger charge is 2.15. The molecular formula is C12H17IN2O2S. The standard InChI is InChI=1S/C12H17IN2O2S/c1-9(6-7-18-3)14(2)10-4-5-12(15(16)17)11(13)8-10/h4-5,8-9H,6-7H2,1-3H3. The molecule has 0 amide bonds. The van der Waals surface area contributed by atoms with Crippen LogP contribution in [-0.2, 0) is 0 Å². The highest BCUT2D eigenvalue weighted by Crippen LogP contribution is 2.27. The van der Waals surface area contributed by atoms with Crippen molar-refractivity contribution in [3.63, 3.8) is 0 Å². The van der Waals surface area contributed by atoms with Crippen molar-refractivity contribution in [2.75, 3.05) is 24.0 Å². The summed E-state index contributed by atoms with van der Waals surface area (Å²) in [5.41, 5.74) is 1.20. The maximum Gasteiger partial charge on any atom is 0.282 e. The van der Waals surface area contributed by atoms with Gasteiger partial charge in [-0.15, -0.1) is 0 Å². The Kier molecular flexibility index (Phi) is 6.20. The van der Waals surface area contributed by atoms with Gasteiger partial charge in [-0.3, -0.25) is 10.1 Å². The molecule has 0 N–H and O–H groups in total. The number of halogens is 1. The number of hydrogen-bond acceptors (Lipinski definition) is 4. The van der Waals surface area contributed by atoms with E-state index in [0.29, 0.717) is 9.61 Å². The van der Waals surface area contributed by atoms with Crippen molar-refractivity contribution >= 4 is 45.7 Å². The summed E-state index contributed by atoms with van der Waals surface area (Å²) in [5.74, 6) is 1.12. The molecule has 1 atom stereocenters. The molecule has 1 aromatic rings. The number of rotatable bonds is 6. The molecule has 0 bridgehead atoms. The Morgan fingerprint density at radius 2 is 2.22 bits per heavy atom. The van der Waals surface area contributed by atoms with E-state index < -0.39 is 0 Å². The van der Waals surface area contributed by atoms with E-state index in [4.69, 9.17) is 0 Å². The number of anilines is 1. The molecule has 1 rings (SSSR count). The van der Waals surface area contributed by atoms with Crippen molar-refractivity contribution in [2.45, 2.75) is 19.4 Å². The summed E-state index contributed by atoms with van der Waals surface area (Å²) in [5, 5.41) is 10.8. The average molecular weight is 380 g/mol. The first-order chi connectivity index (χ1) is 8.47. The molecular weight excluding hydrogens is 363 g/mol. The van der Waals surface area contributed by atoms with Gasteiger partial charge >= 0.3 is 0 Å². The summed E-state index contributed by atoms with van der Waals surface area (Å²) in [6.45, 7) is 2.17. The van der Waals surface area contributed by atoms with Crippen LogP contribution in [0.5, 0.6) is 0 Å². The molecule has 0 heterocycles. The zero-order valence-corrected chi connectivity index (χ0v) is 13.7. The van der Waals surface area contributed by atoms with E-state index in [1.807, 2.05) is 53.5 Å². The number of nitro benzene ring substituents is 1. The van der Waals surface area contributed by atoms with E-state index in [9.17, 15) is 10.1 Å². The van der Waals surface area contributed by atoms with Gasteiger partial charge in [-0.1, -0.05) is 0 Å². The monoisotopic (exact) mass is 380 g/mol. The molecule has 0 saturated heterocycles. The third-order valence-electron chi connectivity index (χ3n) is 2.94. The van der Waals surface area contributed by atoms with Crippen LogP contribution in [0.4, 0.5) is 11.4 Å². The van der Waals surface area contributed by atoms with Crippen molar-refractivity contribution in [3.8, 4) is 0 Å². The Bertz CT molecular complexity index is 429. The molecule has 6 heteroatoms. The van der Waals surface area contributed by atoms with Crippen LogP contribution in [0.3, 0.4) is 0 Å². The Labute approximate surface area is 125 Å². The number of nitrogens with zero attached hydrogens (tertiary/aromatic N) is 2. The second-order valence-corrected chi connectivity index (χ2v) is 6.28. The summed E-state index contributed by atoms with van der Waals surface area (Å²) in [6.07, 6.45) is 3.20. The molecule has 0 aliphatic heterocycles. The van der Waals surface area contributed by atoms with Crippen LogP contribution in [0.25, 0.3) is 0 Å². The van der Waals surface area contributed by atoms with Gasteiger partial charge in [0.05, 0.1) is 8.49 Å². The molecule has 0 aliphatic carbocycles. The van der Waals surface area contributed by atoms with E-state index in [-0.39, 0.29) is 10.6 Å². The summed E-state index contributed by atoms with van der Waals surface area (Å²) < 4.78 is 0.680. The third kappa shape index (κ3) is 4.01. The summed E-state index contributed by atoms with van der Waals surface area (Å²) in [6, 6.07) is 5.69. The van der Waals surface area contributed by atoms with E-state index in [0.717, 1.165) is 17.9 Å². The van der Waals surface area contributed by atoms with Crippen molar-refractivity contribution < 1.29 is 4.92 Å². The fraction of sp³-hybridized carbons (Fsp3) is 0.500. The van der Waals surface area contributed by atoms with Crippen molar-refractivity contribution in [1.29, 1.82) is 0 Å². The first-order valence-electron chi connectivity index (χ1n) is 5.63. The van der Waals surface area contributed by atoms with Gasteiger partial charge in [0.1, 0.15) is 0 Å². The van der Waals surface area contributed by atoms with E-state index in [1.54, 1.807) is 6.07 Å². The van der Waals surface area contributed by atoms with Crippen LogP contribution in [0.2, 0.25) is 0 Å². The minimum Gasteiger partial charge on any atom is -0.372 e. The van der Waals surface area contributed by atoms with Crippen LogP contribution in [0.15, 0.2) is 18.2 Å². The van der Waals surface area contributed by atoms with Crippen molar-refractivity contribution in [2.24, 2.45) is 0 Å². The van der Waals surface area contributed by atoms with Crippen LogP contribution in [-0.4, -0.2) is 30.0 Å². The van der Waals surface area contributed by atoms with Gasteiger partial charge in [0.2, 0.25) is 0 Å². The molecule has 0 fully saturated rings. The predicted molar refractivity (Wildman–Crippen MR) is 86.7 cm³/mol. The lowest BCUT2D eigenvalue weighted by Gasteiger charge is -2.27. The lowest BCUT2D eigenvalue weighted by atomic mass is 10.2. The highest BCUT2D eigenvalue weighted by molar-refractivity contribution is 14.1. The fourth-order valence-electron chi connectivity index (χ4n) is 1.60. The topological polar surface area (TPSA) is 46.4 Å². The first kappa shape index (κ1) is 15.6. The second-order valence-electron chi connectivity index (χ2n) is 4.13. The maximum absolute atomic E-state index is 10.8. The number of nitro groups is 1. The predicted octanol–water partition coefficient (Wildman–Crippen LogP) is 3.78. The van der Waals surface area contributed by atoms with Gasteiger partial charge in [-0.05, 0) is 60.1 Å². The Morgan fingerprint density at radius 3 is 2.72 bits per heavy atom. The molecule has 0 spiro atoms. The second kappa shape index (κ2) is 7.18. The molecule has 1 aromatic carbocycles. The molecule has 0 saturated carbocycles. The van der Waals surface area contributed by atoms with E-state index in [2.05, 4.69) is 18.1 Å². The maximum atomic E-state index is 10.8. The molecule has 1 unspecified atom stereocenters. The minimum absolute atomic E-state index is 0.171. The van der Waals surface area contributed by atoms with Crippen LogP contribution < -0.4 is 4.90 Å². The Balaban J connectivity index is 2.83. The smallest absolute Gasteiger partial charge is 0.282 e. The van der Waals surface area contributed by atoms with Crippen LogP contribution in [0.1, 0.15) is 13.3 Å². The van der Waals surface area contributed by atoms with Gasteiger partial charge in [0, 0.05) is 24.8 Å². The summed E-state index contributed by atoms with van der Waals surface area (Å²) >= 11 is 3.85. The van der Waals surface area contributed by atoms with Crippen LogP contribution >= 0.6 is 34.4 Å². The number of benzene rings is 1. The van der Waals surface area contributed by atoms with Crippen molar-refractivity contribution in [3.05, 3.63) is 31.9 Å². The average Bonchev–Trinajstić information content (AvgIpc) is 2.34. The Morgan fingerprint density at radius 1 is 1.56 bits per heavy atom. The largest absolute Gasteiger partial charge is 0.372 e. The molecule has 0 aliphatic rings. The molecule has 0 aromatic heterocycles. The van der Waals surface area contributed by atoms with Gasteiger partial charge in [0.15, 0.2) is 0 Å². The molecule has 18 heavy (non-hydrogen) atoms. The Hall–Kier alpha value is -0.500. The zero-order valence-electron chi connectivity index (χ0n) is 10.7. The number of hydrogen-bond donors (Lipinski definition) is 0. The minimum atomic E-state index is -0.345.